The normalized spacial score (nSPS) is 11.2. The van der Waals surface area contributed by atoms with Gasteiger partial charge in [-0.25, -0.2) is 4.79 Å². The monoisotopic (exact) mass is 268 g/mol. The summed E-state index contributed by atoms with van der Waals surface area (Å²) in [6, 6.07) is 6.33. The lowest BCUT2D eigenvalue weighted by atomic mass is 10.0. The number of aryl methyl sites for hydroxylation is 1. The fourth-order valence-electron chi connectivity index (χ4n) is 1.71. The molecule has 0 fully saturated rings. The number of pyridine rings is 2. The summed E-state index contributed by atoms with van der Waals surface area (Å²) >= 11 is 0. The molecular formula is C15H12N2O3. The van der Waals surface area contributed by atoms with Crippen LogP contribution in [0.1, 0.15) is 21.6 Å². The van der Waals surface area contributed by atoms with E-state index < -0.39 is 11.8 Å². The predicted octanol–water partition coefficient (Wildman–Crippen LogP) is 2.14. The zero-order valence-electron chi connectivity index (χ0n) is 10.8. The van der Waals surface area contributed by atoms with Crippen molar-refractivity contribution in [2.45, 2.75) is 6.92 Å². The molecule has 0 atom stereocenters. The quantitative estimate of drug-likeness (QED) is 0.397. The van der Waals surface area contributed by atoms with Crippen LogP contribution < -0.4 is 0 Å². The number of aliphatic carboxylic acids is 1. The number of carbonyl (C=O) groups is 2. The zero-order valence-corrected chi connectivity index (χ0v) is 10.8. The topological polar surface area (TPSA) is 80.1 Å². The largest absolute Gasteiger partial charge is 0.478 e. The Morgan fingerprint density at radius 1 is 1.15 bits per heavy atom. The molecule has 2 heterocycles. The predicted molar refractivity (Wildman–Crippen MR) is 73.2 cm³/mol. The third kappa shape index (κ3) is 3.14. The van der Waals surface area contributed by atoms with Crippen molar-refractivity contribution < 1.29 is 14.7 Å². The molecule has 0 saturated carbocycles. The van der Waals surface area contributed by atoms with E-state index in [0.29, 0.717) is 11.1 Å². The standard InChI is InChI=1S/C15H12N2O3/c1-10-8-11(2-7-17-10)9-13(15(19)20)14(18)12-3-5-16-6-4-12/h2-9H,1H3,(H,19,20)/b13-9+. The average molecular weight is 268 g/mol. The molecule has 2 rings (SSSR count). The molecule has 0 aliphatic rings. The van der Waals surface area contributed by atoms with Gasteiger partial charge in [-0.05, 0) is 42.8 Å². The van der Waals surface area contributed by atoms with Gasteiger partial charge in [-0.15, -0.1) is 0 Å². The summed E-state index contributed by atoms with van der Waals surface area (Å²) < 4.78 is 0. The molecule has 1 N–H and O–H groups in total. The number of ketones is 1. The summed E-state index contributed by atoms with van der Waals surface area (Å²) in [7, 11) is 0. The maximum Gasteiger partial charge on any atom is 0.339 e. The molecule has 0 saturated heterocycles. The first kappa shape index (κ1) is 13.6. The van der Waals surface area contributed by atoms with Crippen molar-refractivity contribution in [3.05, 3.63) is 65.2 Å². The van der Waals surface area contributed by atoms with Crippen LogP contribution in [0.15, 0.2) is 48.4 Å². The first-order chi connectivity index (χ1) is 9.58. The summed E-state index contributed by atoms with van der Waals surface area (Å²) in [6.45, 7) is 1.79. The molecule has 0 unspecified atom stereocenters. The Balaban J connectivity index is 2.42. The van der Waals surface area contributed by atoms with Crippen LogP contribution in [0, 0.1) is 6.92 Å². The van der Waals surface area contributed by atoms with Crippen LogP contribution in [0.25, 0.3) is 6.08 Å². The van der Waals surface area contributed by atoms with Crippen LogP contribution in [-0.2, 0) is 4.79 Å². The maximum atomic E-state index is 12.2. The van der Waals surface area contributed by atoms with Crippen molar-refractivity contribution in [3.8, 4) is 0 Å². The second-order valence-electron chi connectivity index (χ2n) is 4.16. The molecule has 0 aromatic carbocycles. The van der Waals surface area contributed by atoms with Gasteiger partial charge < -0.3 is 5.11 Å². The van der Waals surface area contributed by atoms with Gasteiger partial charge in [-0.1, -0.05) is 0 Å². The lowest BCUT2D eigenvalue weighted by Crippen LogP contribution is -2.12. The number of hydrogen-bond acceptors (Lipinski definition) is 4. The number of carbonyl (C=O) groups excluding carboxylic acids is 1. The van der Waals surface area contributed by atoms with Crippen LogP contribution >= 0.6 is 0 Å². The molecule has 0 aliphatic carbocycles. The van der Waals surface area contributed by atoms with Gasteiger partial charge in [-0.2, -0.15) is 0 Å². The van der Waals surface area contributed by atoms with Gasteiger partial charge in [0.1, 0.15) is 5.57 Å². The number of aromatic nitrogens is 2. The lowest BCUT2D eigenvalue weighted by Gasteiger charge is -2.02. The molecule has 2 aromatic heterocycles. The summed E-state index contributed by atoms with van der Waals surface area (Å²) in [5.41, 5.74) is 1.37. The number of nitrogens with zero attached hydrogens (tertiary/aromatic N) is 2. The van der Waals surface area contributed by atoms with Gasteiger partial charge >= 0.3 is 5.97 Å². The van der Waals surface area contributed by atoms with Crippen molar-refractivity contribution in [1.29, 1.82) is 0 Å². The van der Waals surface area contributed by atoms with Crippen molar-refractivity contribution >= 4 is 17.8 Å². The Bertz CT molecular complexity index is 679. The van der Waals surface area contributed by atoms with Gasteiger partial charge in [0.15, 0.2) is 5.78 Å². The highest BCUT2D eigenvalue weighted by molar-refractivity contribution is 6.26. The van der Waals surface area contributed by atoms with Crippen LogP contribution in [0.5, 0.6) is 0 Å². The van der Waals surface area contributed by atoms with E-state index in [1.54, 1.807) is 25.3 Å². The van der Waals surface area contributed by atoms with Crippen LogP contribution in [0.2, 0.25) is 0 Å². The van der Waals surface area contributed by atoms with Crippen LogP contribution in [0.4, 0.5) is 0 Å². The fraction of sp³-hybridized carbons (Fsp3) is 0.0667. The Hall–Kier alpha value is -2.82. The summed E-state index contributed by atoms with van der Waals surface area (Å²) in [4.78, 5) is 31.3. The third-order valence-electron chi connectivity index (χ3n) is 2.65. The molecule has 20 heavy (non-hydrogen) atoms. The van der Waals surface area contributed by atoms with E-state index >= 15 is 0 Å². The van der Waals surface area contributed by atoms with Gasteiger partial charge in [0, 0.05) is 29.8 Å². The molecule has 5 heteroatoms. The van der Waals surface area contributed by atoms with Crippen molar-refractivity contribution in [3.63, 3.8) is 0 Å². The van der Waals surface area contributed by atoms with Crippen molar-refractivity contribution in [2.75, 3.05) is 0 Å². The van der Waals surface area contributed by atoms with E-state index in [-0.39, 0.29) is 5.57 Å². The number of Topliss-reactive ketones (excluding diaryl/α,β-unsaturated/α-hetero) is 1. The molecule has 0 radical (unpaired) electrons. The second kappa shape index (κ2) is 5.88. The van der Waals surface area contributed by atoms with E-state index in [9.17, 15) is 14.7 Å². The molecule has 0 spiro atoms. The van der Waals surface area contributed by atoms with Crippen LogP contribution in [0.3, 0.4) is 0 Å². The van der Waals surface area contributed by atoms with Crippen molar-refractivity contribution in [2.24, 2.45) is 0 Å². The first-order valence-corrected chi connectivity index (χ1v) is 5.90. The Kier molecular flexibility index (Phi) is 4.00. The first-order valence-electron chi connectivity index (χ1n) is 5.90. The lowest BCUT2D eigenvalue weighted by molar-refractivity contribution is -0.132. The molecule has 0 bridgehead atoms. The van der Waals surface area contributed by atoms with Crippen molar-refractivity contribution in [1.82, 2.24) is 9.97 Å². The molecule has 5 nitrogen and oxygen atoms in total. The van der Waals surface area contributed by atoms with E-state index in [1.807, 2.05) is 0 Å². The zero-order chi connectivity index (χ0) is 14.5. The molecule has 0 amide bonds. The highest BCUT2D eigenvalue weighted by Gasteiger charge is 2.19. The number of carboxylic acid groups (broad SMARTS) is 1. The smallest absolute Gasteiger partial charge is 0.339 e. The van der Waals surface area contributed by atoms with E-state index in [4.69, 9.17) is 0 Å². The minimum atomic E-state index is -1.26. The number of carboxylic acids is 1. The Labute approximate surface area is 115 Å². The minimum absolute atomic E-state index is 0.290. The summed E-state index contributed by atoms with van der Waals surface area (Å²) in [6.07, 6.45) is 5.81. The Morgan fingerprint density at radius 2 is 1.85 bits per heavy atom. The average Bonchev–Trinajstić information content (AvgIpc) is 2.45. The van der Waals surface area contributed by atoms with E-state index in [1.165, 1.54) is 30.6 Å². The molecular weight excluding hydrogens is 256 g/mol. The maximum absolute atomic E-state index is 12.2. The second-order valence-corrected chi connectivity index (χ2v) is 4.16. The number of hydrogen-bond donors (Lipinski definition) is 1. The fourth-order valence-corrected chi connectivity index (χ4v) is 1.71. The van der Waals surface area contributed by atoms with E-state index in [2.05, 4.69) is 9.97 Å². The van der Waals surface area contributed by atoms with Gasteiger partial charge in [0.2, 0.25) is 0 Å². The summed E-state index contributed by atoms with van der Waals surface area (Å²) in [5.74, 6) is -1.81. The highest BCUT2D eigenvalue weighted by atomic mass is 16.4. The highest BCUT2D eigenvalue weighted by Crippen LogP contribution is 2.13. The van der Waals surface area contributed by atoms with E-state index in [0.717, 1.165) is 5.69 Å². The number of rotatable bonds is 4. The summed E-state index contributed by atoms with van der Waals surface area (Å²) in [5, 5.41) is 9.22. The minimum Gasteiger partial charge on any atom is -0.478 e. The van der Waals surface area contributed by atoms with Gasteiger partial charge in [0.25, 0.3) is 0 Å². The molecule has 100 valence electrons. The van der Waals surface area contributed by atoms with Gasteiger partial charge in [0.05, 0.1) is 0 Å². The third-order valence-corrected chi connectivity index (χ3v) is 2.65. The van der Waals surface area contributed by atoms with Crippen LogP contribution in [-0.4, -0.2) is 26.8 Å². The Morgan fingerprint density at radius 3 is 2.45 bits per heavy atom. The molecule has 0 aliphatic heterocycles. The van der Waals surface area contributed by atoms with Gasteiger partial charge in [-0.3, -0.25) is 14.8 Å². The SMILES string of the molecule is Cc1cc(/C=C(/C(=O)O)C(=O)c2ccncc2)ccn1. The molecule has 2 aromatic rings.